The van der Waals surface area contributed by atoms with E-state index in [1.165, 1.54) is 0 Å². The molecule has 0 aromatic heterocycles. The number of rotatable bonds is 2. The summed E-state index contributed by atoms with van der Waals surface area (Å²) >= 11 is 0. The second kappa shape index (κ2) is 6.79. The summed E-state index contributed by atoms with van der Waals surface area (Å²) in [5, 5.41) is 0. The Morgan fingerprint density at radius 1 is 0.737 bits per heavy atom. The lowest BCUT2D eigenvalue weighted by molar-refractivity contribution is 0.103. The molecule has 2 aromatic rings. The van der Waals surface area contributed by atoms with Gasteiger partial charge in [0.15, 0.2) is 5.78 Å². The van der Waals surface area contributed by atoms with Gasteiger partial charge in [0.1, 0.15) is 0 Å². The molecule has 5 nitrogen and oxygen atoms in total. The largest absolute Gasteiger partial charge is 0.394 e. The van der Waals surface area contributed by atoms with E-state index in [0.717, 1.165) is 11.1 Å². The molecule has 19 heavy (non-hydrogen) atoms. The number of ketones is 1. The second-order valence-corrected chi connectivity index (χ2v) is 4.40. The van der Waals surface area contributed by atoms with Crippen LogP contribution in [0.2, 0.25) is 0 Å². The van der Waals surface area contributed by atoms with Crippen LogP contribution >= 0.6 is 0 Å². The molecule has 0 spiro atoms. The molecule has 0 saturated carbocycles. The highest BCUT2D eigenvalue weighted by molar-refractivity contribution is 7.79. The third kappa shape index (κ3) is 6.46. The molecule has 0 unspecified atom stereocenters. The van der Waals surface area contributed by atoms with Crippen molar-refractivity contribution in [2.45, 2.75) is 0 Å². The van der Waals surface area contributed by atoms with Crippen molar-refractivity contribution < 1.29 is 22.3 Å². The van der Waals surface area contributed by atoms with Gasteiger partial charge in [-0.25, -0.2) is 0 Å². The minimum absolute atomic E-state index is 0.0752. The van der Waals surface area contributed by atoms with Crippen molar-refractivity contribution in [3.63, 3.8) is 0 Å². The second-order valence-electron chi connectivity index (χ2n) is 3.51. The summed E-state index contributed by atoms with van der Waals surface area (Å²) in [6, 6.07) is 18.6. The molecule has 0 heterocycles. The minimum Gasteiger partial charge on any atom is -0.289 e. The molecule has 0 aliphatic heterocycles. The average Bonchev–Trinajstić information content (AvgIpc) is 2.38. The van der Waals surface area contributed by atoms with Gasteiger partial charge in [-0.15, -0.1) is 0 Å². The molecule has 0 saturated heterocycles. The van der Waals surface area contributed by atoms with E-state index in [9.17, 15) is 4.79 Å². The Kier molecular flexibility index (Phi) is 5.37. The van der Waals surface area contributed by atoms with Crippen molar-refractivity contribution in [2.75, 3.05) is 0 Å². The number of hydrogen-bond donors (Lipinski definition) is 2. The van der Waals surface area contributed by atoms with Crippen LogP contribution in [0, 0.1) is 0 Å². The van der Waals surface area contributed by atoms with Crippen LogP contribution in [0.25, 0.3) is 0 Å². The standard InChI is InChI=1S/C13H10O.H2O4S/c14-13(11-7-3-1-4-8-11)12-9-5-2-6-10-12;1-5(2,3)4/h1-10H;(H2,1,2,3,4). The van der Waals surface area contributed by atoms with Gasteiger partial charge in [-0.2, -0.15) is 8.42 Å². The first-order chi connectivity index (χ1) is 8.88. The smallest absolute Gasteiger partial charge is 0.289 e. The van der Waals surface area contributed by atoms with Crippen LogP contribution in [-0.2, 0) is 10.4 Å². The maximum Gasteiger partial charge on any atom is 0.394 e. The third-order valence-electron chi connectivity index (χ3n) is 2.07. The fourth-order valence-corrected chi connectivity index (χ4v) is 1.35. The molecule has 0 aliphatic rings. The van der Waals surface area contributed by atoms with Crippen LogP contribution in [0.5, 0.6) is 0 Å². The molecule has 0 amide bonds. The van der Waals surface area contributed by atoms with Gasteiger partial charge >= 0.3 is 10.4 Å². The first kappa shape index (κ1) is 15.0. The molecule has 0 aliphatic carbocycles. The maximum atomic E-state index is 11.8. The normalized spacial score (nSPS) is 10.2. The van der Waals surface area contributed by atoms with Gasteiger partial charge in [0.05, 0.1) is 0 Å². The maximum absolute atomic E-state index is 11.8. The van der Waals surface area contributed by atoms with E-state index in [1.807, 2.05) is 60.7 Å². The fourth-order valence-electron chi connectivity index (χ4n) is 1.35. The van der Waals surface area contributed by atoms with Crippen molar-refractivity contribution >= 4 is 16.2 Å². The zero-order chi connectivity index (χ0) is 14.3. The predicted octanol–water partition coefficient (Wildman–Crippen LogP) is 2.26. The monoisotopic (exact) mass is 280 g/mol. The summed E-state index contributed by atoms with van der Waals surface area (Å²) in [7, 11) is -4.67. The lowest BCUT2D eigenvalue weighted by Gasteiger charge is -1.99. The average molecular weight is 280 g/mol. The number of hydrogen-bond acceptors (Lipinski definition) is 3. The lowest BCUT2D eigenvalue weighted by Crippen LogP contribution is -1.99. The first-order valence-electron chi connectivity index (χ1n) is 5.22. The first-order valence-corrected chi connectivity index (χ1v) is 6.62. The molecule has 0 bridgehead atoms. The summed E-state index contributed by atoms with van der Waals surface area (Å²) in [6.45, 7) is 0. The highest BCUT2D eigenvalue weighted by Gasteiger charge is 2.06. The number of carbonyl (C=O) groups is 1. The predicted molar refractivity (Wildman–Crippen MR) is 70.5 cm³/mol. The zero-order valence-electron chi connectivity index (χ0n) is 9.80. The van der Waals surface area contributed by atoms with E-state index >= 15 is 0 Å². The van der Waals surface area contributed by atoms with Gasteiger partial charge in [0.2, 0.25) is 0 Å². The Morgan fingerprint density at radius 3 is 1.26 bits per heavy atom. The van der Waals surface area contributed by atoms with Gasteiger partial charge in [-0.05, 0) is 0 Å². The van der Waals surface area contributed by atoms with Crippen molar-refractivity contribution in [1.82, 2.24) is 0 Å². The van der Waals surface area contributed by atoms with E-state index in [0.29, 0.717) is 0 Å². The van der Waals surface area contributed by atoms with Crippen LogP contribution in [0.3, 0.4) is 0 Å². The molecule has 0 atom stereocenters. The summed E-state index contributed by atoms with van der Waals surface area (Å²) < 4.78 is 31.6. The van der Waals surface area contributed by atoms with E-state index < -0.39 is 10.4 Å². The summed E-state index contributed by atoms with van der Waals surface area (Å²) in [6.07, 6.45) is 0. The zero-order valence-corrected chi connectivity index (χ0v) is 10.6. The third-order valence-corrected chi connectivity index (χ3v) is 2.07. The van der Waals surface area contributed by atoms with E-state index in [2.05, 4.69) is 0 Å². The van der Waals surface area contributed by atoms with Crippen molar-refractivity contribution in [1.29, 1.82) is 0 Å². The molecule has 2 rings (SSSR count). The van der Waals surface area contributed by atoms with Crippen LogP contribution in [0.4, 0.5) is 0 Å². The topological polar surface area (TPSA) is 91.7 Å². The van der Waals surface area contributed by atoms with Gasteiger partial charge in [0, 0.05) is 11.1 Å². The van der Waals surface area contributed by atoms with Crippen LogP contribution < -0.4 is 0 Å². The molecule has 0 radical (unpaired) electrons. The SMILES string of the molecule is O=C(c1ccccc1)c1ccccc1.O=S(=O)(O)O. The Morgan fingerprint density at radius 2 is 1.00 bits per heavy atom. The fraction of sp³-hybridized carbons (Fsp3) is 0. The van der Waals surface area contributed by atoms with E-state index in [4.69, 9.17) is 17.5 Å². The Balaban J connectivity index is 0.000000312. The van der Waals surface area contributed by atoms with Gasteiger partial charge in [-0.1, -0.05) is 60.7 Å². The highest BCUT2D eigenvalue weighted by atomic mass is 32.3. The highest BCUT2D eigenvalue weighted by Crippen LogP contribution is 2.08. The minimum atomic E-state index is -4.67. The van der Waals surface area contributed by atoms with Gasteiger partial charge < -0.3 is 0 Å². The van der Waals surface area contributed by atoms with Crippen molar-refractivity contribution in [2.24, 2.45) is 0 Å². The van der Waals surface area contributed by atoms with Gasteiger partial charge in [0.25, 0.3) is 0 Å². The summed E-state index contributed by atoms with van der Waals surface area (Å²) in [5.74, 6) is 0.0752. The van der Waals surface area contributed by atoms with Crippen LogP contribution in [0.15, 0.2) is 60.7 Å². The molecule has 100 valence electrons. The Hall–Kier alpha value is -2.02. The molecular weight excluding hydrogens is 268 g/mol. The van der Waals surface area contributed by atoms with Crippen molar-refractivity contribution in [3.8, 4) is 0 Å². The molecule has 0 fully saturated rings. The summed E-state index contributed by atoms with van der Waals surface area (Å²) in [5.41, 5.74) is 1.47. The van der Waals surface area contributed by atoms with Gasteiger partial charge in [-0.3, -0.25) is 13.9 Å². The molecule has 6 heteroatoms. The van der Waals surface area contributed by atoms with E-state index in [1.54, 1.807) is 0 Å². The Labute approximate surface area is 111 Å². The summed E-state index contributed by atoms with van der Waals surface area (Å²) in [4.78, 5) is 11.8. The molecule has 2 N–H and O–H groups in total. The quantitative estimate of drug-likeness (QED) is 0.650. The van der Waals surface area contributed by atoms with Crippen LogP contribution in [-0.4, -0.2) is 23.3 Å². The number of benzene rings is 2. The number of carbonyl (C=O) groups excluding carboxylic acids is 1. The van der Waals surface area contributed by atoms with E-state index in [-0.39, 0.29) is 5.78 Å². The molecular formula is C13H12O5S. The Bertz CT molecular complexity index is 571. The molecule has 2 aromatic carbocycles. The lowest BCUT2D eigenvalue weighted by atomic mass is 10.0. The van der Waals surface area contributed by atoms with Crippen LogP contribution in [0.1, 0.15) is 15.9 Å². The van der Waals surface area contributed by atoms with Crippen molar-refractivity contribution in [3.05, 3.63) is 71.8 Å².